The Bertz CT molecular complexity index is 621. The van der Waals surface area contributed by atoms with E-state index in [4.69, 9.17) is 11.1 Å². The maximum absolute atomic E-state index is 12.4. The van der Waals surface area contributed by atoms with Crippen LogP contribution in [0.15, 0.2) is 29.2 Å². The molecular formula is C15H23N3O2S. The summed E-state index contributed by atoms with van der Waals surface area (Å²) in [7, 11) is -3.29. The van der Waals surface area contributed by atoms with E-state index in [1.807, 2.05) is 0 Å². The van der Waals surface area contributed by atoms with Gasteiger partial charge in [0.1, 0.15) is 5.84 Å². The maximum Gasteiger partial charge on any atom is 0.179 e. The average Bonchev–Trinajstić information content (AvgIpc) is 2.75. The van der Waals surface area contributed by atoms with Crippen molar-refractivity contribution in [1.29, 1.82) is 5.41 Å². The van der Waals surface area contributed by atoms with Crippen molar-refractivity contribution in [1.82, 2.24) is 4.90 Å². The summed E-state index contributed by atoms with van der Waals surface area (Å²) in [4.78, 5) is 2.54. The van der Waals surface area contributed by atoms with Crippen molar-refractivity contribution in [3.05, 3.63) is 29.8 Å². The minimum absolute atomic E-state index is 0.0576. The molecule has 2 rings (SSSR count). The average molecular weight is 309 g/mol. The van der Waals surface area contributed by atoms with Crippen LogP contribution in [0.3, 0.4) is 0 Å². The predicted octanol–water partition coefficient (Wildman–Crippen LogP) is 1.62. The molecule has 1 aliphatic rings. The molecule has 6 heteroatoms. The smallest absolute Gasteiger partial charge is 0.179 e. The van der Waals surface area contributed by atoms with Crippen LogP contribution in [0, 0.1) is 5.41 Å². The molecule has 3 N–H and O–H groups in total. The Morgan fingerprint density at radius 2 is 1.95 bits per heavy atom. The molecule has 1 aromatic rings. The van der Waals surface area contributed by atoms with E-state index in [9.17, 15) is 8.42 Å². The van der Waals surface area contributed by atoms with Crippen LogP contribution >= 0.6 is 0 Å². The summed E-state index contributed by atoms with van der Waals surface area (Å²) in [5.74, 6) is 0.0633. The van der Waals surface area contributed by atoms with Gasteiger partial charge in [-0.1, -0.05) is 12.1 Å². The Hall–Kier alpha value is -1.40. The normalized spacial score (nSPS) is 18.8. The summed E-state index contributed by atoms with van der Waals surface area (Å²) in [5, 5.41) is 7.32. The molecule has 1 aromatic carbocycles. The van der Waals surface area contributed by atoms with E-state index in [1.54, 1.807) is 12.1 Å². The molecule has 1 saturated heterocycles. The fraction of sp³-hybridized carbons (Fsp3) is 0.533. The number of likely N-dealkylation sites (tertiary alicyclic amines) is 1. The van der Waals surface area contributed by atoms with Crippen molar-refractivity contribution in [3.8, 4) is 0 Å². The van der Waals surface area contributed by atoms with Crippen LogP contribution in [-0.2, 0) is 9.84 Å². The SMILES string of the molecule is CC1(C)CCCN1CCS(=O)(=O)c1ccc(C(=N)N)cc1. The summed E-state index contributed by atoms with van der Waals surface area (Å²) in [6.45, 7) is 5.85. The number of nitrogens with zero attached hydrogens (tertiary/aromatic N) is 1. The highest BCUT2D eigenvalue weighted by atomic mass is 32.2. The molecule has 0 spiro atoms. The molecule has 0 unspecified atom stereocenters. The molecule has 0 bridgehead atoms. The molecule has 1 heterocycles. The van der Waals surface area contributed by atoms with Gasteiger partial charge in [-0.2, -0.15) is 0 Å². The lowest BCUT2D eigenvalue weighted by atomic mass is 10.0. The summed E-state index contributed by atoms with van der Waals surface area (Å²) >= 11 is 0. The minimum atomic E-state index is -3.29. The van der Waals surface area contributed by atoms with Crippen LogP contribution in [-0.4, -0.2) is 43.5 Å². The van der Waals surface area contributed by atoms with Gasteiger partial charge in [0.05, 0.1) is 10.6 Å². The largest absolute Gasteiger partial charge is 0.384 e. The third-order valence-electron chi connectivity index (χ3n) is 4.23. The van der Waals surface area contributed by atoms with E-state index in [-0.39, 0.29) is 17.1 Å². The molecule has 0 aliphatic carbocycles. The summed E-state index contributed by atoms with van der Waals surface area (Å²) in [6, 6.07) is 6.21. The number of nitrogens with one attached hydrogen (secondary N) is 1. The Labute approximate surface area is 126 Å². The Kier molecular flexibility index (Phi) is 4.39. The second-order valence-electron chi connectivity index (χ2n) is 6.16. The van der Waals surface area contributed by atoms with Crippen LogP contribution < -0.4 is 5.73 Å². The van der Waals surface area contributed by atoms with E-state index in [1.165, 1.54) is 12.1 Å². The van der Waals surface area contributed by atoms with Gasteiger partial charge in [-0.3, -0.25) is 10.3 Å². The van der Waals surface area contributed by atoms with E-state index in [0.717, 1.165) is 19.4 Å². The lowest BCUT2D eigenvalue weighted by molar-refractivity contribution is 0.186. The van der Waals surface area contributed by atoms with Gasteiger partial charge in [-0.15, -0.1) is 0 Å². The topological polar surface area (TPSA) is 87.2 Å². The molecule has 0 amide bonds. The van der Waals surface area contributed by atoms with Crippen LogP contribution in [0.25, 0.3) is 0 Å². The lowest BCUT2D eigenvalue weighted by Gasteiger charge is -2.31. The first kappa shape index (κ1) is 16.0. The summed E-state index contributed by atoms with van der Waals surface area (Å²) in [5.41, 5.74) is 6.00. The number of nitrogen functional groups attached to an aromatic ring is 1. The van der Waals surface area contributed by atoms with Gasteiger partial charge >= 0.3 is 0 Å². The van der Waals surface area contributed by atoms with Crippen molar-refractivity contribution in [2.24, 2.45) is 5.73 Å². The Balaban J connectivity index is 2.06. The zero-order valence-electron chi connectivity index (χ0n) is 12.6. The molecule has 0 saturated carbocycles. The molecule has 1 aliphatic heterocycles. The molecule has 0 atom stereocenters. The van der Waals surface area contributed by atoms with Gasteiger partial charge in [0.15, 0.2) is 9.84 Å². The fourth-order valence-electron chi connectivity index (χ4n) is 2.77. The second kappa shape index (κ2) is 5.77. The molecule has 116 valence electrons. The van der Waals surface area contributed by atoms with Crippen molar-refractivity contribution in [2.45, 2.75) is 37.1 Å². The molecule has 0 radical (unpaired) electrons. The molecule has 5 nitrogen and oxygen atoms in total. The van der Waals surface area contributed by atoms with Crippen LogP contribution in [0.1, 0.15) is 32.3 Å². The highest BCUT2D eigenvalue weighted by Crippen LogP contribution is 2.28. The van der Waals surface area contributed by atoms with Gasteiger partial charge in [0, 0.05) is 17.6 Å². The standard InChI is InChI=1S/C15H23N3O2S/c1-15(2)8-3-9-18(15)10-11-21(19,20)13-6-4-12(5-7-13)14(16)17/h4-7H,3,8-11H2,1-2H3,(H3,16,17). The fourth-order valence-corrected chi connectivity index (χ4v) is 4.02. The predicted molar refractivity (Wildman–Crippen MR) is 84.4 cm³/mol. The first-order chi connectivity index (χ1) is 9.72. The Morgan fingerprint density at radius 3 is 2.43 bits per heavy atom. The van der Waals surface area contributed by atoms with Gasteiger partial charge in [0.2, 0.25) is 0 Å². The third kappa shape index (κ3) is 3.63. The number of amidine groups is 1. The van der Waals surface area contributed by atoms with E-state index in [0.29, 0.717) is 17.0 Å². The van der Waals surface area contributed by atoms with Crippen LogP contribution in [0.5, 0.6) is 0 Å². The lowest BCUT2D eigenvalue weighted by Crippen LogP contribution is -2.40. The van der Waals surface area contributed by atoms with E-state index >= 15 is 0 Å². The highest BCUT2D eigenvalue weighted by molar-refractivity contribution is 7.91. The zero-order valence-corrected chi connectivity index (χ0v) is 13.4. The second-order valence-corrected chi connectivity index (χ2v) is 8.27. The number of nitrogens with two attached hydrogens (primary N) is 1. The Morgan fingerprint density at radius 1 is 1.33 bits per heavy atom. The van der Waals surface area contributed by atoms with Gasteiger partial charge in [-0.05, 0) is 45.4 Å². The molecule has 0 aromatic heterocycles. The molecule has 1 fully saturated rings. The van der Waals surface area contributed by atoms with Crippen LogP contribution in [0.4, 0.5) is 0 Å². The van der Waals surface area contributed by atoms with Crippen molar-refractivity contribution < 1.29 is 8.42 Å². The number of sulfone groups is 1. The monoisotopic (exact) mass is 309 g/mol. The summed E-state index contributed by atoms with van der Waals surface area (Å²) < 4.78 is 24.7. The first-order valence-electron chi connectivity index (χ1n) is 7.15. The van der Waals surface area contributed by atoms with Crippen molar-refractivity contribution in [2.75, 3.05) is 18.8 Å². The van der Waals surface area contributed by atoms with Crippen molar-refractivity contribution >= 4 is 15.7 Å². The quantitative estimate of drug-likeness (QED) is 0.639. The minimum Gasteiger partial charge on any atom is -0.384 e. The number of hydrogen-bond donors (Lipinski definition) is 2. The van der Waals surface area contributed by atoms with Gasteiger partial charge in [-0.25, -0.2) is 8.42 Å². The van der Waals surface area contributed by atoms with Crippen molar-refractivity contribution in [3.63, 3.8) is 0 Å². The zero-order chi connectivity index (χ0) is 15.7. The van der Waals surface area contributed by atoms with Gasteiger partial charge < -0.3 is 5.73 Å². The molecular weight excluding hydrogens is 286 g/mol. The highest BCUT2D eigenvalue weighted by Gasteiger charge is 2.32. The first-order valence-corrected chi connectivity index (χ1v) is 8.80. The number of rotatable bonds is 5. The molecule has 21 heavy (non-hydrogen) atoms. The maximum atomic E-state index is 12.4. The van der Waals surface area contributed by atoms with E-state index < -0.39 is 9.84 Å². The number of hydrogen-bond acceptors (Lipinski definition) is 4. The van der Waals surface area contributed by atoms with Gasteiger partial charge in [0.25, 0.3) is 0 Å². The summed E-state index contributed by atoms with van der Waals surface area (Å²) in [6.07, 6.45) is 2.24. The number of benzene rings is 1. The third-order valence-corrected chi connectivity index (χ3v) is 5.94. The van der Waals surface area contributed by atoms with Crippen LogP contribution in [0.2, 0.25) is 0 Å². The van der Waals surface area contributed by atoms with E-state index in [2.05, 4.69) is 18.7 Å².